The molecule has 1 unspecified atom stereocenters. The van der Waals surface area contributed by atoms with Crippen LogP contribution in [-0.2, 0) is 0 Å². The summed E-state index contributed by atoms with van der Waals surface area (Å²) in [5.41, 5.74) is 0.795. The topological polar surface area (TPSA) is 39.1 Å². The molecule has 1 saturated heterocycles. The predicted octanol–water partition coefficient (Wildman–Crippen LogP) is 2.46. The van der Waals surface area contributed by atoms with Crippen LogP contribution in [-0.4, -0.2) is 31.1 Å². The first kappa shape index (κ1) is 12.7. The standard InChI is InChI=1S/C12H13Cl2N3/c13-9-1-2-11(14)10(7-9)12(8-15)17-5-3-16-4-6-17/h1-2,7,12,16H,3-6H2. The Morgan fingerprint density at radius 3 is 2.65 bits per heavy atom. The van der Waals surface area contributed by atoms with Gasteiger partial charge in [0.1, 0.15) is 6.04 Å². The van der Waals surface area contributed by atoms with Crippen LogP contribution < -0.4 is 5.32 Å². The fraction of sp³-hybridized carbons (Fsp3) is 0.417. The van der Waals surface area contributed by atoms with Gasteiger partial charge in [-0.15, -0.1) is 0 Å². The van der Waals surface area contributed by atoms with Gasteiger partial charge in [-0.1, -0.05) is 23.2 Å². The van der Waals surface area contributed by atoms with E-state index in [1.54, 1.807) is 18.2 Å². The minimum absolute atomic E-state index is 0.316. The molecule has 1 atom stereocenters. The average Bonchev–Trinajstić information content (AvgIpc) is 2.36. The second-order valence-electron chi connectivity index (χ2n) is 3.98. The summed E-state index contributed by atoms with van der Waals surface area (Å²) in [4.78, 5) is 2.12. The number of nitrogens with one attached hydrogen (secondary N) is 1. The van der Waals surface area contributed by atoms with Crippen LogP contribution >= 0.6 is 23.2 Å². The van der Waals surface area contributed by atoms with Crippen LogP contribution in [0.2, 0.25) is 10.0 Å². The first-order chi connectivity index (χ1) is 8.22. The highest BCUT2D eigenvalue weighted by atomic mass is 35.5. The van der Waals surface area contributed by atoms with E-state index in [1.165, 1.54) is 0 Å². The van der Waals surface area contributed by atoms with E-state index in [9.17, 15) is 5.26 Å². The average molecular weight is 270 g/mol. The minimum atomic E-state index is -0.316. The maximum Gasteiger partial charge on any atom is 0.125 e. The molecule has 0 aromatic heterocycles. The summed E-state index contributed by atoms with van der Waals surface area (Å²) in [5, 5.41) is 13.8. The Hall–Kier alpha value is -0.790. The molecule has 1 heterocycles. The largest absolute Gasteiger partial charge is 0.314 e. The predicted molar refractivity (Wildman–Crippen MR) is 69.3 cm³/mol. The number of benzene rings is 1. The summed E-state index contributed by atoms with van der Waals surface area (Å²) in [6.45, 7) is 3.49. The molecular weight excluding hydrogens is 257 g/mol. The Labute approximate surface area is 111 Å². The van der Waals surface area contributed by atoms with Gasteiger partial charge in [-0.05, 0) is 18.2 Å². The zero-order valence-corrected chi connectivity index (χ0v) is 10.8. The summed E-state index contributed by atoms with van der Waals surface area (Å²) in [7, 11) is 0. The first-order valence-corrected chi connectivity index (χ1v) is 6.27. The molecule has 2 rings (SSSR count). The van der Waals surface area contributed by atoms with Crippen molar-refractivity contribution < 1.29 is 0 Å². The molecule has 1 N–H and O–H groups in total. The van der Waals surface area contributed by atoms with E-state index >= 15 is 0 Å². The fourth-order valence-electron chi connectivity index (χ4n) is 2.01. The summed E-state index contributed by atoms with van der Waals surface area (Å²) < 4.78 is 0. The number of hydrogen-bond acceptors (Lipinski definition) is 3. The summed E-state index contributed by atoms with van der Waals surface area (Å²) in [6.07, 6.45) is 0. The van der Waals surface area contributed by atoms with Crippen molar-refractivity contribution >= 4 is 23.2 Å². The number of halogens is 2. The third-order valence-corrected chi connectivity index (χ3v) is 3.47. The van der Waals surface area contributed by atoms with Crippen molar-refractivity contribution in [2.24, 2.45) is 0 Å². The van der Waals surface area contributed by atoms with Gasteiger partial charge in [0.2, 0.25) is 0 Å². The van der Waals surface area contributed by atoms with E-state index in [2.05, 4.69) is 16.3 Å². The molecule has 0 radical (unpaired) electrons. The van der Waals surface area contributed by atoms with E-state index in [-0.39, 0.29) is 6.04 Å². The normalized spacial score (nSPS) is 18.6. The van der Waals surface area contributed by atoms with Crippen molar-refractivity contribution in [2.75, 3.05) is 26.2 Å². The molecular formula is C12H13Cl2N3. The molecule has 1 aliphatic heterocycles. The first-order valence-electron chi connectivity index (χ1n) is 5.51. The lowest BCUT2D eigenvalue weighted by molar-refractivity contribution is 0.207. The number of piperazine rings is 1. The van der Waals surface area contributed by atoms with Gasteiger partial charge in [0.25, 0.3) is 0 Å². The fourth-order valence-corrected chi connectivity index (χ4v) is 2.41. The molecule has 17 heavy (non-hydrogen) atoms. The smallest absolute Gasteiger partial charge is 0.125 e. The Kier molecular flexibility index (Phi) is 4.25. The molecule has 90 valence electrons. The molecule has 1 aromatic rings. The van der Waals surface area contributed by atoms with Crippen LogP contribution in [0, 0.1) is 11.3 Å². The molecule has 1 aliphatic rings. The molecule has 0 aliphatic carbocycles. The lowest BCUT2D eigenvalue weighted by Gasteiger charge is -2.31. The molecule has 0 amide bonds. The highest BCUT2D eigenvalue weighted by Gasteiger charge is 2.23. The van der Waals surface area contributed by atoms with Gasteiger partial charge in [0, 0.05) is 41.8 Å². The van der Waals surface area contributed by atoms with Crippen LogP contribution in [0.4, 0.5) is 0 Å². The summed E-state index contributed by atoms with van der Waals surface area (Å²) in [6, 6.07) is 7.25. The maximum atomic E-state index is 9.33. The number of rotatable bonds is 2. The lowest BCUT2D eigenvalue weighted by Crippen LogP contribution is -2.44. The third kappa shape index (κ3) is 2.91. The number of hydrogen-bond donors (Lipinski definition) is 1. The van der Waals surface area contributed by atoms with Gasteiger partial charge in [-0.25, -0.2) is 0 Å². The van der Waals surface area contributed by atoms with Crippen molar-refractivity contribution in [3.63, 3.8) is 0 Å². The number of nitriles is 1. The molecule has 0 bridgehead atoms. The SMILES string of the molecule is N#CC(c1cc(Cl)ccc1Cl)N1CCNCC1. The maximum absolute atomic E-state index is 9.33. The summed E-state index contributed by atoms with van der Waals surface area (Å²) >= 11 is 12.1. The van der Waals surface area contributed by atoms with E-state index in [4.69, 9.17) is 23.2 Å². The van der Waals surface area contributed by atoms with Gasteiger partial charge < -0.3 is 5.32 Å². The Morgan fingerprint density at radius 1 is 1.29 bits per heavy atom. The van der Waals surface area contributed by atoms with E-state index in [0.29, 0.717) is 10.0 Å². The van der Waals surface area contributed by atoms with Crippen LogP contribution in [0.5, 0.6) is 0 Å². The Morgan fingerprint density at radius 2 is 2.00 bits per heavy atom. The molecule has 1 aromatic carbocycles. The van der Waals surface area contributed by atoms with Crippen LogP contribution in [0.3, 0.4) is 0 Å². The molecule has 3 nitrogen and oxygen atoms in total. The zero-order valence-electron chi connectivity index (χ0n) is 9.29. The molecule has 0 saturated carbocycles. The molecule has 5 heteroatoms. The summed E-state index contributed by atoms with van der Waals surface area (Å²) in [5.74, 6) is 0. The van der Waals surface area contributed by atoms with Gasteiger partial charge in [-0.3, -0.25) is 4.90 Å². The quantitative estimate of drug-likeness (QED) is 0.897. The van der Waals surface area contributed by atoms with E-state index < -0.39 is 0 Å². The van der Waals surface area contributed by atoms with E-state index in [1.807, 2.05) is 0 Å². The van der Waals surface area contributed by atoms with Crippen molar-refractivity contribution in [1.29, 1.82) is 5.26 Å². The van der Waals surface area contributed by atoms with Crippen LogP contribution in [0.15, 0.2) is 18.2 Å². The monoisotopic (exact) mass is 269 g/mol. The van der Waals surface area contributed by atoms with Gasteiger partial charge in [0.15, 0.2) is 0 Å². The van der Waals surface area contributed by atoms with Crippen molar-refractivity contribution in [1.82, 2.24) is 10.2 Å². The third-order valence-electron chi connectivity index (χ3n) is 2.89. The minimum Gasteiger partial charge on any atom is -0.314 e. The van der Waals surface area contributed by atoms with Gasteiger partial charge >= 0.3 is 0 Å². The lowest BCUT2D eigenvalue weighted by atomic mass is 10.1. The van der Waals surface area contributed by atoms with Crippen molar-refractivity contribution in [2.45, 2.75) is 6.04 Å². The molecule has 0 spiro atoms. The van der Waals surface area contributed by atoms with Crippen molar-refractivity contribution in [3.8, 4) is 6.07 Å². The Balaban J connectivity index is 2.28. The molecule has 1 fully saturated rings. The van der Waals surface area contributed by atoms with Gasteiger partial charge in [0.05, 0.1) is 6.07 Å². The van der Waals surface area contributed by atoms with E-state index in [0.717, 1.165) is 31.7 Å². The van der Waals surface area contributed by atoms with Crippen LogP contribution in [0.1, 0.15) is 11.6 Å². The number of nitrogens with zero attached hydrogens (tertiary/aromatic N) is 2. The van der Waals surface area contributed by atoms with Crippen LogP contribution in [0.25, 0.3) is 0 Å². The second-order valence-corrected chi connectivity index (χ2v) is 4.83. The highest BCUT2D eigenvalue weighted by molar-refractivity contribution is 6.33. The van der Waals surface area contributed by atoms with Gasteiger partial charge in [-0.2, -0.15) is 5.26 Å². The Bertz CT molecular complexity index is 436. The van der Waals surface area contributed by atoms with Crippen molar-refractivity contribution in [3.05, 3.63) is 33.8 Å². The second kappa shape index (κ2) is 5.70. The zero-order chi connectivity index (χ0) is 12.3. The highest BCUT2D eigenvalue weighted by Crippen LogP contribution is 2.29.